The van der Waals surface area contributed by atoms with E-state index >= 15 is 0 Å². The molecule has 1 heterocycles. The lowest BCUT2D eigenvalue weighted by atomic mass is 10.2. The first-order valence-electron chi connectivity index (χ1n) is 6.83. The van der Waals surface area contributed by atoms with E-state index in [2.05, 4.69) is 34.4 Å². The van der Waals surface area contributed by atoms with Crippen molar-refractivity contribution in [3.8, 4) is 0 Å². The Hall–Kier alpha value is -1.40. The third-order valence-corrected chi connectivity index (χ3v) is 2.62. The molecule has 6 heteroatoms. The molecule has 0 spiro atoms. The summed E-state index contributed by atoms with van der Waals surface area (Å²) in [6, 6.07) is 0. The average Bonchev–Trinajstić information content (AvgIpc) is 2.44. The van der Waals surface area contributed by atoms with Crippen LogP contribution < -0.4 is 10.6 Å². The van der Waals surface area contributed by atoms with Gasteiger partial charge in [0.15, 0.2) is 0 Å². The van der Waals surface area contributed by atoms with Gasteiger partial charge in [0.25, 0.3) is 0 Å². The summed E-state index contributed by atoms with van der Waals surface area (Å²) in [6.07, 6.45) is 3.49. The second-order valence-electron chi connectivity index (χ2n) is 4.09. The third kappa shape index (κ3) is 5.40. The smallest absolute Gasteiger partial charge is 0.134 e. The highest BCUT2D eigenvalue weighted by Crippen LogP contribution is 2.20. The van der Waals surface area contributed by atoms with Gasteiger partial charge in [-0.25, -0.2) is 9.97 Å². The quantitative estimate of drug-likeness (QED) is 0.555. The molecule has 0 saturated heterocycles. The predicted molar refractivity (Wildman–Crippen MR) is 76.6 cm³/mol. The number of hydrogen-bond acceptors (Lipinski definition) is 6. The molecule has 0 aliphatic heterocycles. The SMILES string of the molecule is CCCNc1ncnc(NCCOCCO)c1CC. The van der Waals surface area contributed by atoms with E-state index in [-0.39, 0.29) is 6.61 Å². The molecule has 3 N–H and O–H groups in total. The number of aliphatic hydroxyl groups is 1. The molecule has 1 aromatic rings. The molecular formula is C13H24N4O2. The first-order chi connectivity index (χ1) is 9.33. The van der Waals surface area contributed by atoms with Crippen LogP contribution in [0.4, 0.5) is 11.6 Å². The van der Waals surface area contributed by atoms with E-state index in [1.807, 2.05) is 0 Å². The van der Waals surface area contributed by atoms with E-state index < -0.39 is 0 Å². The number of aliphatic hydroxyl groups excluding tert-OH is 1. The van der Waals surface area contributed by atoms with Gasteiger partial charge in [0.05, 0.1) is 19.8 Å². The summed E-state index contributed by atoms with van der Waals surface area (Å²) in [6.45, 7) is 6.75. The van der Waals surface area contributed by atoms with Crippen molar-refractivity contribution in [3.63, 3.8) is 0 Å². The van der Waals surface area contributed by atoms with Crippen LogP contribution in [-0.4, -0.2) is 48.0 Å². The van der Waals surface area contributed by atoms with Crippen LogP contribution in [0.2, 0.25) is 0 Å². The van der Waals surface area contributed by atoms with Gasteiger partial charge in [0, 0.05) is 18.7 Å². The summed E-state index contributed by atoms with van der Waals surface area (Å²) in [5.74, 6) is 1.75. The molecule has 0 atom stereocenters. The summed E-state index contributed by atoms with van der Waals surface area (Å²) in [5.41, 5.74) is 1.10. The average molecular weight is 268 g/mol. The lowest BCUT2D eigenvalue weighted by Gasteiger charge is -2.14. The van der Waals surface area contributed by atoms with Crippen LogP contribution in [0.15, 0.2) is 6.33 Å². The van der Waals surface area contributed by atoms with Gasteiger partial charge in [-0.05, 0) is 12.8 Å². The van der Waals surface area contributed by atoms with E-state index in [9.17, 15) is 0 Å². The molecule has 0 aliphatic rings. The fraction of sp³-hybridized carbons (Fsp3) is 0.692. The number of aromatic nitrogens is 2. The minimum Gasteiger partial charge on any atom is -0.394 e. The highest BCUT2D eigenvalue weighted by molar-refractivity contribution is 5.57. The van der Waals surface area contributed by atoms with E-state index in [0.717, 1.165) is 36.6 Å². The molecular weight excluding hydrogens is 244 g/mol. The maximum Gasteiger partial charge on any atom is 0.134 e. The van der Waals surface area contributed by atoms with Crippen molar-refractivity contribution >= 4 is 11.6 Å². The molecule has 0 radical (unpaired) electrons. The lowest BCUT2D eigenvalue weighted by molar-refractivity contribution is 0.0992. The molecule has 0 saturated carbocycles. The van der Waals surface area contributed by atoms with Gasteiger partial charge in [-0.2, -0.15) is 0 Å². The van der Waals surface area contributed by atoms with Gasteiger partial charge < -0.3 is 20.5 Å². The number of ether oxygens (including phenoxy) is 1. The Morgan fingerprint density at radius 1 is 1.11 bits per heavy atom. The van der Waals surface area contributed by atoms with Crippen molar-refractivity contribution in [1.82, 2.24) is 9.97 Å². The molecule has 0 aromatic carbocycles. The Labute approximate surface area is 114 Å². The molecule has 6 nitrogen and oxygen atoms in total. The highest BCUT2D eigenvalue weighted by atomic mass is 16.5. The maximum absolute atomic E-state index is 8.61. The van der Waals surface area contributed by atoms with E-state index in [0.29, 0.717) is 19.8 Å². The second kappa shape index (κ2) is 9.52. The topological polar surface area (TPSA) is 79.3 Å². The maximum atomic E-state index is 8.61. The number of hydrogen-bond donors (Lipinski definition) is 3. The van der Waals surface area contributed by atoms with Crippen molar-refractivity contribution in [3.05, 3.63) is 11.9 Å². The Morgan fingerprint density at radius 3 is 2.37 bits per heavy atom. The molecule has 108 valence electrons. The summed E-state index contributed by atoms with van der Waals surface area (Å²) < 4.78 is 5.20. The molecule has 0 aliphatic carbocycles. The molecule has 1 aromatic heterocycles. The zero-order chi connectivity index (χ0) is 13.9. The van der Waals surface area contributed by atoms with Gasteiger partial charge in [-0.3, -0.25) is 0 Å². The molecule has 19 heavy (non-hydrogen) atoms. The summed E-state index contributed by atoms with van der Waals surface area (Å²) >= 11 is 0. The van der Waals surface area contributed by atoms with Crippen molar-refractivity contribution in [1.29, 1.82) is 0 Å². The van der Waals surface area contributed by atoms with E-state index in [4.69, 9.17) is 9.84 Å². The fourth-order valence-electron chi connectivity index (χ4n) is 1.70. The third-order valence-electron chi connectivity index (χ3n) is 2.62. The second-order valence-corrected chi connectivity index (χ2v) is 4.09. The van der Waals surface area contributed by atoms with Gasteiger partial charge in [0.2, 0.25) is 0 Å². The first-order valence-corrected chi connectivity index (χ1v) is 6.83. The number of nitrogens with zero attached hydrogens (tertiary/aromatic N) is 2. The van der Waals surface area contributed by atoms with Gasteiger partial charge in [-0.1, -0.05) is 13.8 Å². The van der Waals surface area contributed by atoms with Crippen molar-refractivity contribution < 1.29 is 9.84 Å². The van der Waals surface area contributed by atoms with E-state index in [1.165, 1.54) is 0 Å². The number of anilines is 2. The predicted octanol–water partition coefficient (Wildman–Crippen LogP) is 1.28. The molecule has 1 rings (SSSR count). The van der Waals surface area contributed by atoms with Crippen molar-refractivity contribution in [2.24, 2.45) is 0 Å². The molecule has 0 bridgehead atoms. The van der Waals surface area contributed by atoms with Crippen LogP contribution in [0.3, 0.4) is 0 Å². The zero-order valence-corrected chi connectivity index (χ0v) is 11.8. The van der Waals surface area contributed by atoms with Crippen molar-refractivity contribution in [2.45, 2.75) is 26.7 Å². The first kappa shape index (κ1) is 15.7. The number of nitrogens with one attached hydrogen (secondary N) is 2. The summed E-state index contributed by atoms with van der Waals surface area (Å²) in [5, 5.41) is 15.2. The van der Waals surface area contributed by atoms with Gasteiger partial charge in [0.1, 0.15) is 18.0 Å². The molecule has 0 fully saturated rings. The van der Waals surface area contributed by atoms with Crippen LogP contribution in [0, 0.1) is 0 Å². The summed E-state index contributed by atoms with van der Waals surface area (Å²) in [7, 11) is 0. The molecule has 0 unspecified atom stereocenters. The lowest BCUT2D eigenvalue weighted by Crippen LogP contribution is -2.15. The summed E-state index contributed by atoms with van der Waals surface area (Å²) in [4.78, 5) is 8.55. The Balaban J connectivity index is 2.56. The minimum atomic E-state index is 0.0544. The van der Waals surface area contributed by atoms with Crippen LogP contribution in [0.1, 0.15) is 25.8 Å². The standard InChI is InChI=1S/C13H24N4O2/c1-3-5-14-12-11(4-2)13(17-10-16-12)15-6-8-19-9-7-18/h10,18H,3-9H2,1-2H3,(H2,14,15,16,17). The Bertz CT molecular complexity index is 360. The highest BCUT2D eigenvalue weighted by Gasteiger charge is 2.08. The fourth-order valence-corrected chi connectivity index (χ4v) is 1.70. The minimum absolute atomic E-state index is 0.0544. The van der Waals surface area contributed by atoms with Crippen LogP contribution >= 0.6 is 0 Å². The molecule has 0 amide bonds. The Morgan fingerprint density at radius 2 is 1.79 bits per heavy atom. The van der Waals surface area contributed by atoms with Crippen molar-refractivity contribution in [2.75, 3.05) is 43.5 Å². The largest absolute Gasteiger partial charge is 0.394 e. The Kier molecular flexibility index (Phi) is 7.84. The monoisotopic (exact) mass is 268 g/mol. The van der Waals surface area contributed by atoms with Crippen LogP contribution in [0.25, 0.3) is 0 Å². The van der Waals surface area contributed by atoms with Crippen LogP contribution in [-0.2, 0) is 11.2 Å². The van der Waals surface area contributed by atoms with Gasteiger partial charge in [-0.15, -0.1) is 0 Å². The number of rotatable bonds is 10. The zero-order valence-electron chi connectivity index (χ0n) is 11.8. The van der Waals surface area contributed by atoms with Gasteiger partial charge >= 0.3 is 0 Å². The normalized spacial score (nSPS) is 10.5. The van der Waals surface area contributed by atoms with E-state index in [1.54, 1.807) is 6.33 Å². The van der Waals surface area contributed by atoms with Crippen LogP contribution in [0.5, 0.6) is 0 Å².